The van der Waals surface area contributed by atoms with Crippen molar-refractivity contribution in [3.05, 3.63) is 58.4 Å². The van der Waals surface area contributed by atoms with Crippen LogP contribution in [0.25, 0.3) is 10.9 Å². The number of hydrogen-bond acceptors (Lipinski definition) is 4. The van der Waals surface area contributed by atoms with Gasteiger partial charge in [0.2, 0.25) is 0 Å². The minimum atomic E-state index is -0.0602. The summed E-state index contributed by atoms with van der Waals surface area (Å²) in [5.41, 5.74) is 1.47. The highest BCUT2D eigenvalue weighted by Gasteiger charge is 2.07. The molecular formula is C20H26N4O2. The summed E-state index contributed by atoms with van der Waals surface area (Å²) in [7, 11) is 1.62. The highest BCUT2D eigenvalue weighted by atomic mass is 16.5. The lowest BCUT2D eigenvalue weighted by Crippen LogP contribution is -2.22. The van der Waals surface area contributed by atoms with Crippen molar-refractivity contribution in [2.75, 3.05) is 13.7 Å². The van der Waals surface area contributed by atoms with Gasteiger partial charge in [-0.05, 0) is 36.6 Å². The van der Waals surface area contributed by atoms with Gasteiger partial charge in [-0.25, -0.2) is 4.98 Å². The van der Waals surface area contributed by atoms with Crippen molar-refractivity contribution >= 4 is 10.9 Å². The number of aryl methyl sites for hydroxylation is 1. The monoisotopic (exact) mass is 354 g/mol. The number of H-pyrrole nitrogens is 1. The van der Waals surface area contributed by atoms with Gasteiger partial charge in [0.1, 0.15) is 11.6 Å². The second-order valence-electron chi connectivity index (χ2n) is 6.74. The number of pyridine rings is 1. The van der Waals surface area contributed by atoms with Crippen molar-refractivity contribution in [1.82, 2.24) is 19.9 Å². The summed E-state index contributed by atoms with van der Waals surface area (Å²) in [5.74, 6) is 2.28. The number of nitrogens with zero attached hydrogens (tertiary/aromatic N) is 2. The number of aromatic nitrogens is 3. The molecule has 0 saturated heterocycles. The highest BCUT2D eigenvalue weighted by molar-refractivity contribution is 5.80. The SMILES string of the molecule is COc1ccc2cc(CNCCCn3ccnc3C(C)C)c(=O)[nH]c2c1. The summed E-state index contributed by atoms with van der Waals surface area (Å²) in [4.78, 5) is 19.6. The Bertz CT molecular complexity index is 927. The fourth-order valence-corrected chi connectivity index (χ4v) is 3.09. The first-order chi connectivity index (χ1) is 12.6. The number of fused-ring (bicyclic) bond motifs is 1. The molecule has 2 N–H and O–H groups in total. The van der Waals surface area contributed by atoms with Crippen LogP contribution in [0, 0.1) is 0 Å². The number of ether oxygens (including phenoxy) is 1. The molecule has 0 spiro atoms. The molecule has 0 fully saturated rings. The first-order valence-corrected chi connectivity index (χ1v) is 9.00. The molecule has 0 unspecified atom stereocenters. The maximum absolute atomic E-state index is 12.3. The van der Waals surface area contributed by atoms with Crippen molar-refractivity contribution < 1.29 is 4.74 Å². The van der Waals surface area contributed by atoms with Crippen LogP contribution in [-0.2, 0) is 13.1 Å². The molecule has 0 aliphatic heterocycles. The predicted molar refractivity (Wildman–Crippen MR) is 104 cm³/mol. The van der Waals surface area contributed by atoms with Crippen molar-refractivity contribution in [1.29, 1.82) is 0 Å². The van der Waals surface area contributed by atoms with Gasteiger partial charge in [-0.3, -0.25) is 4.79 Å². The summed E-state index contributed by atoms with van der Waals surface area (Å²) < 4.78 is 7.39. The number of hydrogen-bond donors (Lipinski definition) is 2. The molecule has 6 nitrogen and oxygen atoms in total. The fourth-order valence-electron chi connectivity index (χ4n) is 3.09. The van der Waals surface area contributed by atoms with Crippen LogP contribution in [0.15, 0.2) is 41.5 Å². The molecule has 0 atom stereocenters. The van der Waals surface area contributed by atoms with Gasteiger partial charge in [-0.15, -0.1) is 0 Å². The Hall–Kier alpha value is -2.60. The zero-order valence-corrected chi connectivity index (χ0v) is 15.6. The maximum Gasteiger partial charge on any atom is 0.252 e. The number of imidazole rings is 1. The Kier molecular flexibility index (Phi) is 5.73. The molecule has 1 aromatic carbocycles. The van der Waals surface area contributed by atoms with E-state index in [9.17, 15) is 4.79 Å². The van der Waals surface area contributed by atoms with Gasteiger partial charge in [0.15, 0.2) is 0 Å². The molecule has 138 valence electrons. The number of nitrogens with one attached hydrogen (secondary N) is 2. The Balaban J connectivity index is 1.55. The first-order valence-electron chi connectivity index (χ1n) is 9.00. The van der Waals surface area contributed by atoms with Crippen LogP contribution >= 0.6 is 0 Å². The summed E-state index contributed by atoms with van der Waals surface area (Å²) in [5, 5.41) is 4.36. The molecule has 0 radical (unpaired) electrons. The standard InChI is InChI=1S/C20H26N4O2/c1-14(2)19-22-8-10-24(19)9-4-7-21-13-16-11-15-5-6-17(26-3)12-18(15)23-20(16)25/h5-6,8,10-12,14,21H,4,7,9,13H2,1-3H3,(H,23,25). The number of aromatic amines is 1. The largest absolute Gasteiger partial charge is 0.497 e. The van der Waals surface area contributed by atoms with E-state index in [1.165, 1.54) is 0 Å². The maximum atomic E-state index is 12.3. The second-order valence-corrected chi connectivity index (χ2v) is 6.74. The third-order valence-corrected chi connectivity index (χ3v) is 4.46. The van der Waals surface area contributed by atoms with Crippen LogP contribution in [0.2, 0.25) is 0 Å². The van der Waals surface area contributed by atoms with Gasteiger partial charge < -0.3 is 19.6 Å². The molecule has 6 heteroatoms. The first kappa shape index (κ1) is 18.2. The van der Waals surface area contributed by atoms with E-state index >= 15 is 0 Å². The Labute approximate surface area is 153 Å². The topological polar surface area (TPSA) is 71.9 Å². The Morgan fingerprint density at radius 3 is 2.92 bits per heavy atom. The van der Waals surface area contributed by atoms with Crippen LogP contribution in [0.4, 0.5) is 0 Å². The van der Waals surface area contributed by atoms with Crippen molar-refractivity contribution in [2.45, 2.75) is 39.3 Å². The van der Waals surface area contributed by atoms with Crippen LogP contribution < -0.4 is 15.6 Å². The fraction of sp³-hybridized carbons (Fsp3) is 0.400. The molecule has 26 heavy (non-hydrogen) atoms. The molecule has 2 heterocycles. The summed E-state index contributed by atoms with van der Waals surface area (Å²) in [6.07, 6.45) is 4.86. The van der Waals surface area contributed by atoms with Gasteiger partial charge in [-0.2, -0.15) is 0 Å². The lowest BCUT2D eigenvalue weighted by molar-refractivity contribution is 0.415. The van der Waals surface area contributed by atoms with Crippen molar-refractivity contribution in [2.24, 2.45) is 0 Å². The van der Waals surface area contributed by atoms with E-state index in [-0.39, 0.29) is 5.56 Å². The average molecular weight is 354 g/mol. The molecule has 2 aromatic heterocycles. The van der Waals surface area contributed by atoms with Gasteiger partial charge >= 0.3 is 0 Å². The van der Waals surface area contributed by atoms with Gasteiger partial charge in [-0.1, -0.05) is 13.8 Å². The third-order valence-electron chi connectivity index (χ3n) is 4.46. The molecular weight excluding hydrogens is 328 g/mol. The number of benzene rings is 1. The van der Waals surface area contributed by atoms with E-state index in [0.717, 1.165) is 47.6 Å². The van der Waals surface area contributed by atoms with Crippen molar-refractivity contribution in [3.8, 4) is 5.75 Å². The van der Waals surface area contributed by atoms with E-state index in [1.54, 1.807) is 7.11 Å². The van der Waals surface area contributed by atoms with Crippen LogP contribution in [0.1, 0.15) is 37.6 Å². The summed E-state index contributed by atoms with van der Waals surface area (Å²) >= 11 is 0. The molecule has 0 amide bonds. The Morgan fingerprint density at radius 1 is 1.31 bits per heavy atom. The summed E-state index contributed by atoms with van der Waals surface area (Å²) in [6.45, 7) is 6.62. The van der Waals surface area contributed by atoms with E-state index in [1.807, 2.05) is 36.7 Å². The predicted octanol–water partition coefficient (Wildman–Crippen LogP) is 3.04. The van der Waals surface area contributed by atoms with E-state index in [2.05, 4.69) is 33.7 Å². The Morgan fingerprint density at radius 2 is 2.15 bits per heavy atom. The molecule has 0 bridgehead atoms. The van der Waals surface area contributed by atoms with Gasteiger partial charge in [0.05, 0.1) is 12.6 Å². The van der Waals surface area contributed by atoms with Crippen LogP contribution in [0.5, 0.6) is 5.75 Å². The van der Waals surface area contributed by atoms with Gasteiger partial charge in [0, 0.05) is 43.0 Å². The minimum Gasteiger partial charge on any atom is -0.497 e. The second kappa shape index (κ2) is 8.19. The quantitative estimate of drug-likeness (QED) is 0.610. The van der Waals surface area contributed by atoms with E-state index in [4.69, 9.17) is 4.74 Å². The molecule has 3 aromatic rings. The highest BCUT2D eigenvalue weighted by Crippen LogP contribution is 2.18. The lowest BCUT2D eigenvalue weighted by atomic mass is 10.1. The summed E-state index contributed by atoms with van der Waals surface area (Å²) in [6, 6.07) is 7.63. The zero-order chi connectivity index (χ0) is 18.5. The minimum absolute atomic E-state index is 0.0602. The third kappa shape index (κ3) is 4.14. The molecule has 0 aliphatic carbocycles. The van der Waals surface area contributed by atoms with Gasteiger partial charge in [0.25, 0.3) is 5.56 Å². The normalized spacial score (nSPS) is 11.4. The number of methoxy groups -OCH3 is 1. The molecule has 3 rings (SSSR count). The number of rotatable bonds is 8. The molecule has 0 aliphatic rings. The van der Waals surface area contributed by atoms with Crippen LogP contribution in [-0.4, -0.2) is 28.2 Å². The molecule has 0 saturated carbocycles. The smallest absolute Gasteiger partial charge is 0.252 e. The van der Waals surface area contributed by atoms with E-state index < -0.39 is 0 Å². The average Bonchev–Trinajstić information content (AvgIpc) is 3.10. The van der Waals surface area contributed by atoms with Crippen molar-refractivity contribution in [3.63, 3.8) is 0 Å². The van der Waals surface area contributed by atoms with E-state index in [0.29, 0.717) is 12.5 Å². The zero-order valence-electron chi connectivity index (χ0n) is 15.6. The van der Waals surface area contributed by atoms with Crippen LogP contribution in [0.3, 0.4) is 0 Å². The lowest BCUT2D eigenvalue weighted by Gasteiger charge is -2.11.